The van der Waals surface area contributed by atoms with Crippen molar-refractivity contribution in [2.24, 2.45) is 0 Å². The van der Waals surface area contributed by atoms with Crippen molar-refractivity contribution < 1.29 is 29.0 Å². The molecular weight excluding hydrogens is 328 g/mol. The molecule has 0 heterocycles. The SMILES string of the molecule is COC(=O)[C@H](Cc1ccccc1)NC(=O)[C@@H](O)NC(=O)OC(C)(C)C. The molecule has 0 saturated carbocycles. The Bertz CT molecular complexity index is 597. The van der Waals surface area contributed by atoms with E-state index in [-0.39, 0.29) is 6.42 Å². The van der Waals surface area contributed by atoms with Crippen molar-refractivity contribution in [1.29, 1.82) is 0 Å². The molecule has 0 aliphatic rings. The maximum Gasteiger partial charge on any atom is 0.410 e. The molecule has 138 valence electrons. The zero-order valence-electron chi connectivity index (χ0n) is 14.7. The molecule has 3 N–H and O–H groups in total. The first kappa shape index (κ1) is 20.4. The molecule has 0 bridgehead atoms. The molecule has 0 aliphatic carbocycles. The van der Waals surface area contributed by atoms with Crippen LogP contribution in [0.4, 0.5) is 4.79 Å². The van der Waals surface area contributed by atoms with Crippen molar-refractivity contribution in [2.45, 2.75) is 45.1 Å². The number of alkyl carbamates (subject to hydrolysis) is 1. The summed E-state index contributed by atoms with van der Waals surface area (Å²) in [6.07, 6.45) is -2.64. The summed E-state index contributed by atoms with van der Waals surface area (Å²) < 4.78 is 9.61. The number of methoxy groups -OCH3 is 1. The highest BCUT2D eigenvalue weighted by Gasteiger charge is 2.27. The smallest absolute Gasteiger partial charge is 0.410 e. The van der Waals surface area contributed by atoms with Crippen LogP contribution in [0.15, 0.2) is 30.3 Å². The highest BCUT2D eigenvalue weighted by atomic mass is 16.6. The molecule has 25 heavy (non-hydrogen) atoms. The van der Waals surface area contributed by atoms with Gasteiger partial charge in [0.05, 0.1) is 7.11 Å². The predicted octanol–water partition coefficient (Wildman–Crippen LogP) is 0.730. The standard InChI is InChI=1S/C17H24N2O6/c1-17(2,3)25-16(23)19-14(21)13(20)18-12(15(22)24-4)10-11-8-6-5-7-9-11/h5-9,12,14,21H,10H2,1-4H3,(H,18,20)(H,19,23)/t12-,14+/m0/s1. The first-order valence-corrected chi connectivity index (χ1v) is 7.72. The van der Waals surface area contributed by atoms with Crippen LogP contribution in [0, 0.1) is 0 Å². The summed E-state index contributed by atoms with van der Waals surface area (Å²) in [5.74, 6) is -1.61. The molecule has 0 spiro atoms. The molecule has 2 amide bonds. The number of benzene rings is 1. The molecule has 1 rings (SSSR count). The maximum absolute atomic E-state index is 12.0. The average molecular weight is 352 g/mol. The molecule has 8 heteroatoms. The first-order valence-electron chi connectivity index (χ1n) is 7.72. The molecule has 8 nitrogen and oxygen atoms in total. The molecule has 0 saturated heterocycles. The van der Waals surface area contributed by atoms with Gasteiger partial charge in [0, 0.05) is 6.42 Å². The lowest BCUT2D eigenvalue weighted by Gasteiger charge is -2.22. The first-order chi connectivity index (χ1) is 11.6. The molecule has 0 radical (unpaired) electrons. The van der Waals surface area contributed by atoms with E-state index in [1.807, 2.05) is 11.4 Å². The van der Waals surface area contributed by atoms with E-state index in [4.69, 9.17) is 4.74 Å². The van der Waals surface area contributed by atoms with Gasteiger partial charge < -0.3 is 19.9 Å². The van der Waals surface area contributed by atoms with Crippen LogP contribution >= 0.6 is 0 Å². The second-order valence-corrected chi connectivity index (χ2v) is 6.32. The van der Waals surface area contributed by atoms with E-state index < -0.39 is 35.8 Å². The van der Waals surface area contributed by atoms with E-state index >= 15 is 0 Å². The van der Waals surface area contributed by atoms with E-state index in [9.17, 15) is 19.5 Å². The minimum atomic E-state index is -1.86. The van der Waals surface area contributed by atoms with Crippen LogP contribution in [0.5, 0.6) is 0 Å². The number of ether oxygens (including phenoxy) is 2. The van der Waals surface area contributed by atoms with Crippen LogP contribution in [0.25, 0.3) is 0 Å². The summed E-state index contributed by atoms with van der Waals surface area (Å²) in [6, 6.07) is 7.99. The molecule has 0 aliphatic heterocycles. The number of rotatable bonds is 6. The summed E-state index contributed by atoms with van der Waals surface area (Å²) in [7, 11) is 1.20. The number of aliphatic hydroxyl groups is 1. The van der Waals surface area contributed by atoms with Crippen molar-refractivity contribution in [3.8, 4) is 0 Å². The number of aliphatic hydroxyl groups excluding tert-OH is 1. The fraction of sp³-hybridized carbons (Fsp3) is 0.471. The normalized spacial score (nSPS) is 13.3. The predicted molar refractivity (Wildman–Crippen MR) is 89.5 cm³/mol. The Morgan fingerprint density at radius 3 is 2.24 bits per heavy atom. The zero-order valence-corrected chi connectivity index (χ0v) is 14.7. The van der Waals surface area contributed by atoms with Gasteiger partial charge in [0.25, 0.3) is 5.91 Å². The topological polar surface area (TPSA) is 114 Å². The van der Waals surface area contributed by atoms with E-state index in [0.29, 0.717) is 0 Å². The number of esters is 1. The largest absolute Gasteiger partial charge is 0.467 e. The summed E-state index contributed by atoms with van der Waals surface area (Å²) >= 11 is 0. The Morgan fingerprint density at radius 2 is 1.72 bits per heavy atom. The van der Waals surface area contributed by atoms with Crippen molar-refractivity contribution in [2.75, 3.05) is 7.11 Å². The number of carbonyl (C=O) groups excluding carboxylic acids is 3. The lowest BCUT2D eigenvalue weighted by atomic mass is 10.1. The number of carbonyl (C=O) groups is 3. The number of hydrogen-bond donors (Lipinski definition) is 3. The third kappa shape index (κ3) is 7.67. The fourth-order valence-corrected chi connectivity index (χ4v) is 1.92. The van der Waals surface area contributed by atoms with Gasteiger partial charge in [-0.25, -0.2) is 9.59 Å². The third-order valence-electron chi connectivity index (χ3n) is 2.99. The summed E-state index contributed by atoms with van der Waals surface area (Å²) in [5, 5.41) is 14.1. The molecule has 2 atom stereocenters. The molecule has 0 fully saturated rings. The zero-order chi connectivity index (χ0) is 19.0. The molecule has 1 aromatic carbocycles. The van der Waals surface area contributed by atoms with Crippen LogP contribution in [0.3, 0.4) is 0 Å². The van der Waals surface area contributed by atoms with Crippen molar-refractivity contribution in [1.82, 2.24) is 10.6 Å². The van der Waals surface area contributed by atoms with E-state index in [0.717, 1.165) is 5.56 Å². The Labute approximate surface area is 146 Å². The fourth-order valence-electron chi connectivity index (χ4n) is 1.92. The quantitative estimate of drug-likeness (QED) is 0.514. The number of nitrogens with one attached hydrogen (secondary N) is 2. The van der Waals surface area contributed by atoms with E-state index in [1.165, 1.54) is 7.11 Å². The number of amides is 2. The van der Waals surface area contributed by atoms with Crippen LogP contribution < -0.4 is 10.6 Å². The minimum Gasteiger partial charge on any atom is -0.467 e. The molecule has 1 aromatic rings. The van der Waals surface area contributed by atoms with Gasteiger partial charge >= 0.3 is 12.1 Å². The second-order valence-electron chi connectivity index (χ2n) is 6.32. The van der Waals surface area contributed by atoms with Gasteiger partial charge in [0.1, 0.15) is 11.6 Å². The maximum atomic E-state index is 12.0. The van der Waals surface area contributed by atoms with E-state index in [2.05, 4.69) is 10.1 Å². The Hall–Kier alpha value is -2.61. The van der Waals surface area contributed by atoms with Crippen LogP contribution in [0.1, 0.15) is 26.3 Å². The lowest BCUT2D eigenvalue weighted by Crippen LogP contribution is -2.53. The lowest BCUT2D eigenvalue weighted by molar-refractivity contribution is -0.146. The summed E-state index contributed by atoms with van der Waals surface area (Å²) in [5.41, 5.74) is 0.0232. The molecule has 0 aromatic heterocycles. The second kappa shape index (κ2) is 9.03. The Kier molecular flexibility index (Phi) is 7.38. The van der Waals surface area contributed by atoms with Crippen LogP contribution in [-0.4, -0.2) is 48.1 Å². The monoisotopic (exact) mass is 352 g/mol. The highest BCUT2D eigenvalue weighted by molar-refractivity contribution is 5.88. The van der Waals surface area contributed by atoms with Gasteiger partial charge in [0.15, 0.2) is 0 Å². The summed E-state index contributed by atoms with van der Waals surface area (Å²) in [4.78, 5) is 35.5. The average Bonchev–Trinajstić information content (AvgIpc) is 2.52. The van der Waals surface area contributed by atoms with Gasteiger partial charge in [-0.05, 0) is 26.3 Å². The van der Waals surface area contributed by atoms with Crippen LogP contribution in [0.2, 0.25) is 0 Å². The van der Waals surface area contributed by atoms with Gasteiger partial charge in [-0.15, -0.1) is 0 Å². The van der Waals surface area contributed by atoms with Crippen molar-refractivity contribution in [3.05, 3.63) is 35.9 Å². The number of hydrogen-bond acceptors (Lipinski definition) is 6. The third-order valence-corrected chi connectivity index (χ3v) is 2.99. The highest BCUT2D eigenvalue weighted by Crippen LogP contribution is 2.07. The Morgan fingerprint density at radius 1 is 1.12 bits per heavy atom. The van der Waals surface area contributed by atoms with E-state index in [1.54, 1.807) is 45.0 Å². The van der Waals surface area contributed by atoms with Crippen molar-refractivity contribution in [3.63, 3.8) is 0 Å². The van der Waals surface area contributed by atoms with Crippen molar-refractivity contribution >= 4 is 18.0 Å². The van der Waals surface area contributed by atoms with Gasteiger partial charge in [-0.3, -0.25) is 10.1 Å². The van der Waals surface area contributed by atoms with Crippen LogP contribution in [-0.2, 0) is 25.5 Å². The molecular formula is C17H24N2O6. The minimum absolute atomic E-state index is 0.179. The molecule has 0 unspecified atom stereocenters. The Balaban J connectivity index is 2.68. The van der Waals surface area contributed by atoms with Gasteiger partial charge in [0.2, 0.25) is 6.23 Å². The summed E-state index contributed by atoms with van der Waals surface area (Å²) in [6.45, 7) is 4.94. The van der Waals surface area contributed by atoms with Gasteiger partial charge in [-0.2, -0.15) is 0 Å². The van der Waals surface area contributed by atoms with Gasteiger partial charge in [-0.1, -0.05) is 30.3 Å².